The monoisotopic (exact) mass is 153 g/mol. The average Bonchev–Trinajstić information content (AvgIpc) is 2.81. The Morgan fingerprint density at radius 3 is 2.64 bits per heavy atom. The van der Waals surface area contributed by atoms with Crippen molar-refractivity contribution in [1.82, 2.24) is 5.32 Å². The highest BCUT2D eigenvalue weighted by Gasteiger charge is 2.29. The Balaban J connectivity index is 2.39. The van der Waals surface area contributed by atoms with Gasteiger partial charge < -0.3 is 0 Å². The van der Waals surface area contributed by atoms with E-state index in [1.54, 1.807) is 7.05 Å². The van der Waals surface area contributed by atoms with E-state index in [-0.39, 0.29) is 11.8 Å². The number of carbonyl (C=O) groups excluding carboxylic acids is 1. The quantitative estimate of drug-likeness (QED) is 0.424. The number of amides is 1. The van der Waals surface area contributed by atoms with Crippen LogP contribution in [0.1, 0.15) is 12.8 Å². The molecule has 0 unspecified atom stereocenters. The Morgan fingerprint density at radius 1 is 1.64 bits per heavy atom. The summed E-state index contributed by atoms with van der Waals surface area (Å²) in [6, 6.07) is 0. The molecule has 11 heavy (non-hydrogen) atoms. The number of aliphatic imine (C=N–C) groups is 2. The Kier molecular flexibility index (Phi) is 2.36. The third-order valence-electron chi connectivity index (χ3n) is 1.54. The lowest BCUT2D eigenvalue weighted by Crippen LogP contribution is -2.30. The summed E-state index contributed by atoms with van der Waals surface area (Å²) >= 11 is 0. The van der Waals surface area contributed by atoms with Crippen LogP contribution in [0.15, 0.2) is 9.98 Å². The summed E-state index contributed by atoms with van der Waals surface area (Å²) in [4.78, 5) is 18.3. The van der Waals surface area contributed by atoms with E-state index in [9.17, 15) is 4.79 Å². The Morgan fingerprint density at radius 2 is 2.27 bits per heavy atom. The number of guanidine groups is 1. The maximum Gasteiger partial charge on any atom is 0.229 e. The van der Waals surface area contributed by atoms with E-state index in [4.69, 9.17) is 0 Å². The number of hydrogen-bond acceptors (Lipinski definition) is 2. The lowest BCUT2D eigenvalue weighted by molar-refractivity contribution is -0.120. The van der Waals surface area contributed by atoms with E-state index < -0.39 is 0 Å². The lowest BCUT2D eigenvalue weighted by atomic mass is 10.4. The van der Waals surface area contributed by atoms with Gasteiger partial charge in [-0.1, -0.05) is 0 Å². The highest BCUT2D eigenvalue weighted by molar-refractivity contribution is 6.00. The van der Waals surface area contributed by atoms with E-state index in [0.717, 1.165) is 12.8 Å². The van der Waals surface area contributed by atoms with Gasteiger partial charge in [0.2, 0.25) is 11.9 Å². The Bertz CT molecular complexity index is 206. The highest BCUT2D eigenvalue weighted by Crippen LogP contribution is 2.28. The Labute approximate surface area is 65.4 Å². The van der Waals surface area contributed by atoms with Crippen molar-refractivity contribution in [2.45, 2.75) is 12.8 Å². The second kappa shape index (κ2) is 3.27. The van der Waals surface area contributed by atoms with Crippen molar-refractivity contribution >= 4 is 18.6 Å². The van der Waals surface area contributed by atoms with Crippen LogP contribution in [0.25, 0.3) is 0 Å². The fourth-order valence-corrected chi connectivity index (χ4v) is 0.724. The third-order valence-corrected chi connectivity index (χ3v) is 1.54. The first-order valence-electron chi connectivity index (χ1n) is 3.52. The zero-order chi connectivity index (χ0) is 8.27. The molecular formula is C7H11N3O. The predicted molar refractivity (Wildman–Crippen MR) is 43.8 cm³/mol. The van der Waals surface area contributed by atoms with Gasteiger partial charge in [0.25, 0.3) is 0 Å². The first-order chi connectivity index (χ1) is 5.27. The molecule has 0 atom stereocenters. The summed E-state index contributed by atoms with van der Waals surface area (Å²) < 4.78 is 0. The maximum atomic E-state index is 11.1. The first kappa shape index (κ1) is 7.91. The van der Waals surface area contributed by atoms with Gasteiger partial charge >= 0.3 is 0 Å². The number of rotatable bonds is 1. The van der Waals surface area contributed by atoms with Gasteiger partial charge in [-0.3, -0.25) is 15.1 Å². The van der Waals surface area contributed by atoms with Crippen LogP contribution in [0.3, 0.4) is 0 Å². The molecule has 1 aliphatic rings. The number of hydrogen-bond donors (Lipinski definition) is 1. The fourth-order valence-electron chi connectivity index (χ4n) is 0.724. The SMILES string of the molecule is C=NC(=NC)NC(=O)C1CC1. The molecular weight excluding hydrogens is 142 g/mol. The van der Waals surface area contributed by atoms with Crippen LogP contribution in [-0.4, -0.2) is 25.6 Å². The third kappa shape index (κ3) is 2.14. The smallest absolute Gasteiger partial charge is 0.229 e. The van der Waals surface area contributed by atoms with Gasteiger partial charge in [0.1, 0.15) is 0 Å². The topological polar surface area (TPSA) is 53.8 Å². The van der Waals surface area contributed by atoms with Crippen LogP contribution in [0.2, 0.25) is 0 Å². The largest absolute Gasteiger partial charge is 0.295 e. The normalized spacial score (nSPS) is 17.7. The molecule has 1 fully saturated rings. The molecule has 0 aromatic carbocycles. The second-order valence-electron chi connectivity index (χ2n) is 2.47. The second-order valence-corrected chi connectivity index (χ2v) is 2.47. The highest BCUT2D eigenvalue weighted by atomic mass is 16.2. The molecule has 0 bridgehead atoms. The minimum atomic E-state index is 0.0120. The summed E-state index contributed by atoms with van der Waals surface area (Å²) in [5.41, 5.74) is 0. The summed E-state index contributed by atoms with van der Waals surface area (Å²) in [6.45, 7) is 3.27. The van der Waals surface area contributed by atoms with Crippen molar-refractivity contribution < 1.29 is 4.79 Å². The molecule has 0 saturated heterocycles. The van der Waals surface area contributed by atoms with E-state index >= 15 is 0 Å². The van der Waals surface area contributed by atoms with Gasteiger partial charge in [-0.2, -0.15) is 0 Å². The number of carbonyl (C=O) groups is 1. The van der Waals surface area contributed by atoms with Gasteiger partial charge in [0.15, 0.2) is 0 Å². The Hall–Kier alpha value is -1.19. The molecule has 60 valence electrons. The fraction of sp³-hybridized carbons (Fsp3) is 0.571. The van der Waals surface area contributed by atoms with Crippen molar-refractivity contribution in [2.24, 2.45) is 15.9 Å². The molecule has 1 rings (SSSR count). The zero-order valence-corrected chi connectivity index (χ0v) is 6.50. The van der Waals surface area contributed by atoms with Crippen LogP contribution in [0, 0.1) is 5.92 Å². The zero-order valence-electron chi connectivity index (χ0n) is 6.50. The van der Waals surface area contributed by atoms with Gasteiger partial charge in [-0.05, 0) is 19.6 Å². The van der Waals surface area contributed by atoms with Gasteiger partial charge in [0.05, 0.1) is 0 Å². The maximum absolute atomic E-state index is 11.1. The first-order valence-corrected chi connectivity index (χ1v) is 3.52. The van der Waals surface area contributed by atoms with Crippen molar-refractivity contribution in [1.29, 1.82) is 0 Å². The minimum absolute atomic E-state index is 0.0120. The van der Waals surface area contributed by atoms with Crippen molar-refractivity contribution in [3.05, 3.63) is 0 Å². The molecule has 0 heterocycles. The van der Waals surface area contributed by atoms with Gasteiger partial charge in [0, 0.05) is 13.0 Å². The van der Waals surface area contributed by atoms with Crippen molar-refractivity contribution in [3.8, 4) is 0 Å². The molecule has 1 N–H and O–H groups in total. The van der Waals surface area contributed by atoms with Crippen LogP contribution in [0.5, 0.6) is 0 Å². The van der Waals surface area contributed by atoms with Crippen molar-refractivity contribution in [2.75, 3.05) is 7.05 Å². The van der Waals surface area contributed by atoms with Crippen LogP contribution < -0.4 is 5.32 Å². The summed E-state index contributed by atoms with van der Waals surface area (Å²) in [7, 11) is 1.57. The van der Waals surface area contributed by atoms with E-state index in [0.29, 0.717) is 5.96 Å². The van der Waals surface area contributed by atoms with Crippen LogP contribution in [-0.2, 0) is 4.79 Å². The minimum Gasteiger partial charge on any atom is -0.295 e. The van der Waals surface area contributed by atoms with Gasteiger partial charge in [-0.15, -0.1) is 0 Å². The summed E-state index contributed by atoms with van der Waals surface area (Å²) in [6.07, 6.45) is 1.97. The molecule has 4 nitrogen and oxygen atoms in total. The van der Waals surface area contributed by atoms with Crippen LogP contribution in [0.4, 0.5) is 0 Å². The molecule has 0 aliphatic heterocycles. The number of nitrogens with one attached hydrogen (secondary N) is 1. The number of nitrogens with zero attached hydrogens (tertiary/aromatic N) is 2. The summed E-state index contributed by atoms with van der Waals surface area (Å²) in [5.74, 6) is 0.508. The average molecular weight is 153 g/mol. The standard InChI is InChI=1S/C7H11N3O/c1-8-7(9-2)10-6(11)5-3-4-5/h5H,1,3-4H2,2H3,(H,9,10,11). The van der Waals surface area contributed by atoms with Crippen LogP contribution >= 0.6 is 0 Å². The molecule has 0 radical (unpaired) electrons. The van der Waals surface area contributed by atoms with Gasteiger partial charge in [-0.25, -0.2) is 4.99 Å². The molecule has 1 aliphatic carbocycles. The van der Waals surface area contributed by atoms with E-state index in [1.165, 1.54) is 0 Å². The molecule has 4 heteroatoms. The van der Waals surface area contributed by atoms with Crippen molar-refractivity contribution in [3.63, 3.8) is 0 Å². The lowest BCUT2D eigenvalue weighted by Gasteiger charge is -1.99. The molecule has 0 aromatic heterocycles. The summed E-state index contributed by atoms with van der Waals surface area (Å²) in [5, 5.41) is 2.56. The predicted octanol–water partition coefficient (Wildman–Crippen LogP) is 0.199. The molecule has 0 spiro atoms. The molecule has 1 amide bonds. The van der Waals surface area contributed by atoms with E-state index in [2.05, 4.69) is 22.0 Å². The molecule has 0 aromatic rings. The molecule has 1 saturated carbocycles. The van der Waals surface area contributed by atoms with E-state index in [1.807, 2.05) is 0 Å².